The van der Waals surface area contributed by atoms with Crippen LogP contribution in [0.1, 0.15) is 27.3 Å². The quantitative estimate of drug-likeness (QED) is 0.662. The van der Waals surface area contributed by atoms with Gasteiger partial charge in [-0.25, -0.2) is 9.97 Å². The van der Waals surface area contributed by atoms with Crippen LogP contribution >= 0.6 is 11.6 Å². The van der Waals surface area contributed by atoms with Crippen LogP contribution in [0.2, 0.25) is 5.02 Å². The highest BCUT2D eigenvalue weighted by atomic mass is 35.5. The molecule has 1 amide bonds. The van der Waals surface area contributed by atoms with Crippen LogP contribution < -0.4 is 10.6 Å². The van der Waals surface area contributed by atoms with Crippen LogP contribution in [0, 0.1) is 13.8 Å². The van der Waals surface area contributed by atoms with Gasteiger partial charge in [-0.15, -0.1) is 0 Å². The third kappa shape index (κ3) is 5.53. The third-order valence-corrected chi connectivity index (χ3v) is 4.23. The molecule has 2 N–H and O–H groups in total. The zero-order chi connectivity index (χ0) is 19.2. The van der Waals surface area contributed by atoms with E-state index in [4.69, 9.17) is 11.6 Å². The molecule has 3 aromatic rings. The predicted molar refractivity (Wildman–Crippen MR) is 109 cm³/mol. The first-order valence-electron chi connectivity index (χ1n) is 8.71. The van der Waals surface area contributed by atoms with Crippen LogP contribution in [-0.2, 0) is 6.42 Å². The number of carbonyl (C=O) groups is 1. The van der Waals surface area contributed by atoms with Gasteiger partial charge in [0.25, 0.3) is 5.91 Å². The summed E-state index contributed by atoms with van der Waals surface area (Å²) >= 11 is 5.88. The SMILES string of the molecule is Cc1cccc(Nc2nc(C)cc(C(=O)NCCc3ccc(Cl)cc3)n2)c1. The van der Waals surface area contributed by atoms with E-state index in [-0.39, 0.29) is 5.91 Å². The van der Waals surface area contributed by atoms with Crippen molar-refractivity contribution < 1.29 is 4.79 Å². The van der Waals surface area contributed by atoms with Crippen LogP contribution in [-0.4, -0.2) is 22.4 Å². The van der Waals surface area contributed by atoms with Gasteiger partial charge in [-0.05, 0) is 61.7 Å². The molecule has 0 radical (unpaired) electrons. The lowest BCUT2D eigenvalue weighted by molar-refractivity contribution is 0.0949. The van der Waals surface area contributed by atoms with Crippen LogP contribution in [0.3, 0.4) is 0 Å². The Morgan fingerprint density at radius 1 is 1.04 bits per heavy atom. The van der Waals surface area contributed by atoms with Gasteiger partial charge in [-0.3, -0.25) is 4.79 Å². The molecule has 0 bridgehead atoms. The number of hydrogen-bond donors (Lipinski definition) is 2. The summed E-state index contributed by atoms with van der Waals surface area (Å²) in [6, 6.07) is 17.2. The summed E-state index contributed by atoms with van der Waals surface area (Å²) in [5, 5.41) is 6.75. The van der Waals surface area contributed by atoms with E-state index in [9.17, 15) is 4.79 Å². The van der Waals surface area contributed by atoms with Crippen molar-refractivity contribution in [2.45, 2.75) is 20.3 Å². The number of amides is 1. The molecule has 0 aliphatic heterocycles. The first kappa shape index (κ1) is 18.9. The average molecular weight is 381 g/mol. The van der Waals surface area contributed by atoms with E-state index < -0.39 is 0 Å². The Morgan fingerprint density at radius 3 is 2.56 bits per heavy atom. The number of halogens is 1. The van der Waals surface area contributed by atoms with Gasteiger partial charge in [0.2, 0.25) is 5.95 Å². The fraction of sp³-hybridized carbons (Fsp3) is 0.190. The molecule has 138 valence electrons. The van der Waals surface area contributed by atoms with Crippen LogP contribution in [0.4, 0.5) is 11.6 Å². The largest absolute Gasteiger partial charge is 0.350 e. The molecule has 3 rings (SSSR count). The van der Waals surface area contributed by atoms with Gasteiger partial charge >= 0.3 is 0 Å². The number of benzene rings is 2. The summed E-state index contributed by atoms with van der Waals surface area (Å²) in [5.41, 5.74) is 4.19. The van der Waals surface area contributed by atoms with Crippen molar-refractivity contribution in [3.05, 3.63) is 82.1 Å². The lowest BCUT2D eigenvalue weighted by atomic mass is 10.1. The molecule has 0 spiro atoms. The van der Waals surface area contributed by atoms with E-state index in [0.29, 0.717) is 23.2 Å². The van der Waals surface area contributed by atoms with Crippen LogP contribution in [0.5, 0.6) is 0 Å². The fourth-order valence-electron chi connectivity index (χ4n) is 2.65. The zero-order valence-electron chi connectivity index (χ0n) is 15.3. The molecule has 0 fully saturated rings. The molecule has 0 unspecified atom stereocenters. The van der Waals surface area contributed by atoms with Crippen molar-refractivity contribution in [2.75, 3.05) is 11.9 Å². The molecule has 0 aliphatic carbocycles. The number of aromatic nitrogens is 2. The highest BCUT2D eigenvalue weighted by Gasteiger charge is 2.10. The van der Waals surface area contributed by atoms with E-state index in [1.807, 2.05) is 62.4 Å². The van der Waals surface area contributed by atoms with Crippen molar-refractivity contribution in [3.63, 3.8) is 0 Å². The smallest absolute Gasteiger partial charge is 0.270 e. The van der Waals surface area contributed by atoms with Gasteiger partial charge in [0.05, 0.1) is 0 Å². The number of anilines is 2. The van der Waals surface area contributed by atoms with Gasteiger partial charge in [0.15, 0.2) is 0 Å². The van der Waals surface area contributed by atoms with E-state index >= 15 is 0 Å². The first-order chi connectivity index (χ1) is 13.0. The molecule has 6 heteroatoms. The van der Waals surface area contributed by atoms with Gasteiger partial charge in [0.1, 0.15) is 5.69 Å². The topological polar surface area (TPSA) is 66.9 Å². The minimum absolute atomic E-state index is 0.221. The summed E-state index contributed by atoms with van der Waals surface area (Å²) < 4.78 is 0. The molecular weight excluding hydrogens is 360 g/mol. The monoisotopic (exact) mass is 380 g/mol. The third-order valence-electron chi connectivity index (χ3n) is 3.97. The molecule has 0 saturated heterocycles. The number of nitrogens with zero attached hydrogens (tertiary/aromatic N) is 2. The Labute approximate surface area is 163 Å². The molecule has 0 atom stereocenters. The summed E-state index contributed by atoms with van der Waals surface area (Å²) in [4.78, 5) is 21.2. The Kier molecular flexibility index (Phi) is 6.04. The first-order valence-corrected chi connectivity index (χ1v) is 9.09. The lowest BCUT2D eigenvalue weighted by Crippen LogP contribution is -2.27. The zero-order valence-corrected chi connectivity index (χ0v) is 16.0. The van der Waals surface area contributed by atoms with Crippen molar-refractivity contribution in [1.82, 2.24) is 15.3 Å². The Hall–Kier alpha value is -2.92. The fourth-order valence-corrected chi connectivity index (χ4v) is 2.78. The predicted octanol–water partition coefficient (Wildman–Crippen LogP) is 4.46. The van der Waals surface area contributed by atoms with E-state index in [1.54, 1.807) is 6.07 Å². The van der Waals surface area contributed by atoms with E-state index in [0.717, 1.165) is 28.9 Å². The van der Waals surface area contributed by atoms with Gasteiger partial charge in [-0.1, -0.05) is 35.9 Å². The molecule has 27 heavy (non-hydrogen) atoms. The number of hydrogen-bond acceptors (Lipinski definition) is 4. The molecule has 0 saturated carbocycles. The number of nitrogens with one attached hydrogen (secondary N) is 2. The standard InChI is InChI=1S/C21H21ClN4O/c1-14-4-3-5-18(12-14)25-21-24-15(2)13-19(26-21)20(27)23-11-10-16-6-8-17(22)9-7-16/h3-9,12-13H,10-11H2,1-2H3,(H,23,27)(H,24,25,26). The highest BCUT2D eigenvalue weighted by Crippen LogP contribution is 2.15. The Bertz CT molecular complexity index is 941. The molecule has 5 nitrogen and oxygen atoms in total. The molecule has 0 aliphatic rings. The summed E-state index contributed by atoms with van der Waals surface area (Å²) in [6.45, 7) is 4.37. The van der Waals surface area contributed by atoms with Crippen molar-refractivity contribution in [3.8, 4) is 0 Å². The maximum atomic E-state index is 12.4. The molecule has 1 aromatic heterocycles. The summed E-state index contributed by atoms with van der Waals surface area (Å²) in [7, 11) is 0. The second kappa shape index (κ2) is 8.64. The van der Waals surface area contributed by atoms with Crippen LogP contribution in [0.25, 0.3) is 0 Å². The second-order valence-corrected chi connectivity index (χ2v) is 6.78. The van der Waals surface area contributed by atoms with Crippen molar-refractivity contribution in [1.29, 1.82) is 0 Å². The Balaban J connectivity index is 1.64. The van der Waals surface area contributed by atoms with Gasteiger partial charge in [0, 0.05) is 22.9 Å². The number of aryl methyl sites for hydroxylation is 2. The minimum atomic E-state index is -0.221. The van der Waals surface area contributed by atoms with Crippen molar-refractivity contribution in [2.24, 2.45) is 0 Å². The summed E-state index contributed by atoms with van der Waals surface area (Å²) in [6.07, 6.45) is 0.724. The van der Waals surface area contributed by atoms with Crippen LogP contribution in [0.15, 0.2) is 54.6 Å². The molecule has 2 aromatic carbocycles. The average Bonchev–Trinajstić information content (AvgIpc) is 2.63. The van der Waals surface area contributed by atoms with Gasteiger partial charge in [-0.2, -0.15) is 0 Å². The lowest BCUT2D eigenvalue weighted by Gasteiger charge is -2.09. The van der Waals surface area contributed by atoms with Gasteiger partial charge < -0.3 is 10.6 Å². The maximum Gasteiger partial charge on any atom is 0.270 e. The molecular formula is C21H21ClN4O. The highest BCUT2D eigenvalue weighted by molar-refractivity contribution is 6.30. The second-order valence-electron chi connectivity index (χ2n) is 6.35. The van der Waals surface area contributed by atoms with E-state index in [2.05, 4.69) is 20.6 Å². The Morgan fingerprint density at radius 2 is 1.81 bits per heavy atom. The molecule has 1 heterocycles. The normalized spacial score (nSPS) is 10.5. The summed E-state index contributed by atoms with van der Waals surface area (Å²) in [5.74, 6) is 0.185. The minimum Gasteiger partial charge on any atom is -0.350 e. The van der Waals surface area contributed by atoms with Crippen molar-refractivity contribution >= 4 is 29.1 Å². The van der Waals surface area contributed by atoms with E-state index in [1.165, 1.54) is 0 Å². The number of carbonyl (C=O) groups excluding carboxylic acids is 1. The number of rotatable bonds is 6. The maximum absolute atomic E-state index is 12.4.